The molecule has 3 aromatic rings. The average Bonchev–Trinajstić information content (AvgIpc) is 3.47. The number of aromatic nitrogens is 2. The largest absolute Gasteiger partial charge is 0.491 e. The zero-order valence-electron chi connectivity index (χ0n) is 15.4. The molecule has 2 N–H and O–H groups in total. The fraction of sp³-hybridized carbons (Fsp3) is 0.238. The molecule has 0 atom stereocenters. The molecule has 5 rings (SSSR count). The van der Waals surface area contributed by atoms with Gasteiger partial charge in [0.15, 0.2) is 0 Å². The molecule has 1 aliphatic heterocycles. The Balaban J connectivity index is 1.61. The van der Waals surface area contributed by atoms with Crippen molar-refractivity contribution in [1.82, 2.24) is 9.97 Å². The monoisotopic (exact) mass is 391 g/mol. The summed E-state index contributed by atoms with van der Waals surface area (Å²) >= 11 is 6.62. The molecule has 0 bridgehead atoms. The third-order valence-corrected chi connectivity index (χ3v) is 5.59. The maximum Gasteiger partial charge on any atom is 0.491 e. The molecule has 1 aliphatic carbocycles. The molecular weight excluding hydrogens is 373 g/mol. The SMILES string of the molecule is Cc1nc(Nc2ccccc2)nc(C2CC2)c1-c1cc2c(cc1Cl)COB2O. The van der Waals surface area contributed by atoms with Gasteiger partial charge in [-0.05, 0) is 49.0 Å². The first-order chi connectivity index (χ1) is 13.6. The van der Waals surface area contributed by atoms with Gasteiger partial charge in [-0.3, -0.25) is 0 Å². The van der Waals surface area contributed by atoms with Crippen LogP contribution in [0.25, 0.3) is 11.1 Å². The summed E-state index contributed by atoms with van der Waals surface area (Å²) in [5.41, 5.74) is 6.35. The number of benzene rings is 2. The van der Waals surface area contributed by atoms with E-state index in [0.717, 1.165) is 52.1 Å². The number of nitrogens with one attached hydrogen (secondary N) is 1. The summed E-state index contributed by atoms with van der Waals surface area (Å²) in [6.07, 6.45) is 2.23. The Hall–Kier alpha value is -2.41. The second-order valence-corrected chi connectivity index (χ2v) is 7.76. The van der Waals surface area contributed by atoms with Crippen molar-refractivity contribution >= 4 is 35.8 Å². The van der Waals surface area contributed by atoms with Gasteiger partial charge in [-0.25, -0.2) is 9.97 Å². The van der Waals surface area contributed by atoms with Crippen LogP contribution in [-0.2, 0) is 11.3 Å². The van der Waals surface area contributed by atoms with Crippen LogP contribution in [0.1, 0.15) is 35.7 Å². The van der Waals surface area contributed by atoms with Crippen LogP contribution in [0.3, 0.4) is 0 Å². The van der Waals surface area contributed by atoms with Crippen molar-refractivity contribution in [3.05, 3.63) is 64.4 Å². The van der Waals surface area contributed by atoms with Crippen LogP contribution in [0.15, 0.2) is 42.5 Å². The minimum absolute atomic E-state index is 0.376. The lowest BCUT2D eigenvalue weighted by Crippen LogP contribution is -2.28. The molecule has 2 aromatic carbocycles. The van der Waals surface area contributed by atoms with Gasteiger partial charge < -0.3 is 15.0 Å². The lowest BCUT2D eigenvalue weighted by atomic mass is 9.78. The van der Waals surface area contributed by atoms with Crippen molar-refractivity contribution in [3.63, 3.8) is 0 Å². The molecule has 5 nitrogen and oxygen atoms in total. The van der Waals surface area contributed by atoms with Crippen molar-refractivity contribution in [2.45, 2.75) is 32.3 Å². The first kappa shape index (κ1) is 17.7. The first-order valence-corrected chi connectivity index (χ1v) is 9.81. The molecule has 0 saturated heterocycles. The predicted molar refractivity (Wildman–Crippen MR) is 111 cm³/mol. The highest BCUT2D eigenvalue weighted by molar-refractivity contribution is 6.61. The Morgan fingerprint density at radius 2 is 1.96 bits per heavy atom. The third kappa shape index (κ3) is 3.18. The zero-order valence-corrected chi connectivity index (χ0v) is 16.2. The molecule has 0 radical (unpaired) electrons. The quantitative estimate of drug-likeness (QED) is 0.659. The van der Waals surface area contributed by atoms with Crippen LogP contribution in [0, 0.1) is 6.92 Å². The molecule has 140 valence electrons. The van der Waals surface area contributed by atoms with Crippen LogP contribution in [0.4, 0.5) is 11.6 Å². The van der Waals surface area contributed by atoms with Crippen molar-refractivity contribution in [2.75, 3.05) is 5.32 Å². The molecule has 0 unspecified atom stereocenters. The lowest BCUT2D eigenvalue weighted by molar-refractivity contribution is 0.275. The minimum Gasteiger partial charge on any atom is -0.423 e. The maximum atomic E-state index is 10.1. The van der Waals surface area contributed by atoms with E-state index in [9.17, 15) is 5.02 Å². The van der Waals surface area contributed by atoms with Crippen molar-refractivity contribution < 1.29 is 9.68 Å². The van der Waals surface area contributed by atoms with Crippen molar-refractivity contribution in [3.8, 4) is 11.1 Å². The number of anilines is 2. The smallest absolute Gasteiger partial charge is 0.423 e. The fourth-order valence-electron chi connectivity index (χ4n) is 3.72. The second-order valence-electron chi connectivity index (χ2n) is 7.35. The molecular formula is C21H19BClN3O2. The van der Waals surface area contributed by atoms with E-state index in [-0.39, 0.29) is 0 Å². The fourth-order valence-corrected chi connectivity index (χ4v) is 4.00. The summed E-state index contributed by atoms with van der Waals surface area (Å²) in [4.78, 5) is 9.54. The van der Waals surface area contributed by atoms with E-state index < -0.39 is 7.12 Å². The molecule has 7 heteroatoms. The summed E-state index contributed by atoms with van der Waals surface area (Å²) in [6, 6.07) is 13.7. The van der Waals surface area contributed by atoms with Gasteiger partial charge in [0.1, 0.15) is 0 Å². The van der Waals surface area contributed by atoms with E-state index in [1.54, 1.807) is 0 Å². The first-order valence-electron chi connectivity index (χ1n) is 9.43. The molecule has 1 saturated carbocycles. The summed E-state index contributed by atoms with van der Waals surface area (Å²) in [5.74, 6) is 1.01. The zero-order chi connectivity index (χ0) is 19.3. The van der Waals surface area contributed by atoms with Gasteiger partial charge in [-0.2, -0.15) is 0 Å². The molecule has 28 heavy (non-hydrogen) atoms. The number of halogens is 1. The van der Waals surface area contributed by atoms with E-state index in [2.05, 4.69) is 5.32 Å². The van der Waals surface area contributed by atoms with Gasteiger partial charge in [0.05, 0.1) is 18.0 Å². The number of fused-ring (bicyclic) bond motifs is 1. The topological polar surface area (TPSA) is 67.3 Å². The number of aryl methyl sites for hydroxylation is 1. The van der Waals surface area contributed by atoms with Gasteiger partial charge in [0.25, 0.3) is 0 Å². The summed E-state index contributed by atoms with van der Waals surface area (Å²) in [6.45, 7) is 2.36. The van der Waals surface area contributed by atoms with E-state index in [4.69, 9.17) is 26.2 Å². The number of nitrogens with zero attached hydrogens (tertiary/aromatic N) is 2. The number of para-hydroxylation sites is 1. The average molecular weight is 392 g/mol. The van der Waals surface area contributed by atoms with E-state index in [1.807, 2.05) is 49.4 Å². The van der Waals surface area contributed by atoms with Crippen LogP contribution in [0.5, 0.6) is 0 Å². The van der Waals surface area contributed by atoms with Gasteiger partial charge >= 0.3 is 7.12 Å². The second kappa shape index (κ2) is 6.89. The predicted octanol–water partition coefficient (Wildman–Crippen LogP) is 3.94. The molecule has 2 heterocycles. The Kier molecular flexibility index (Phi) is 4.35. The number of hydrogen-bond acceptors (Lipinski definition) is 5. The Morgan fingerprint density at radius 1 is 1.18 bits per heavy atom. The lowest BCUT2D eigenvalue weighted by Gasteiger charge is -2.16. The minimum atomic E-state index is -0.907. The van der Waals surface area contributed by atoms with E-state index in [0.29, 0.717) is 23.5 Å². The summed E-state index contributed by atoms with van der Waals surface area (Å²) in [5, 5.41) is 14.0. The standard InChI is InChI=1S/C21H19BClN3O2/c1-12-19(16-10-17-14(9-18(16)23)11-28-22(17)27)20(13-7-8-13)26-21(24-12)25-15-5-3-2-4-6-15/h2-6,9-10,13,27H,7-8,11H2,1H3,(H,24,25,26). The van der Waals surface area contributed by atoms with Gasteiger partial charge in [0, 0.05) is 27.8 Å². The molecule has 1 fully saturated rings. The Morgan fingerprint density at radius 3 is 2.71 bits per heavy atom. The third-order valence-electron chi connectivity index (χ3n) is 5.27. The van der Waals surface area contributed by atoms with Crippen LogP contribution in [0.2, 0.25) is 5.02 Å². The molecule has 0 spiro atoms. The number of rotatable bonds is 4. The van der Waals surface area contributed by atoms with Gasteiger partial charge in [0.2, 0.25) is 5.95 Å². The van der Waals surface area contributed by atoms with Gasteiger partial charge in [-0.1, -0.05) is 35.9 Å². The maximum absolute atomic E-state index is 10.1. The molecule has 1 aromatic heterocycles. The highest BCUT2D eigenvalue weighted by atomic mass is 35.5. The summed E-state index contributed by atoms with van der Waals surface area (Å²) in [7, 11) is -0.907. The highest BCUT2D eigenvalue weighted by Crippen LogP contribution is 2.46. The normalized spacial score (nSPS) is 15.6. The van der Waals surface area contributed by atoms with Crippen LogP contribution in [-0.4, -0.2) is 22.1 Å². The highest BCUT2D eigenvalue weighted by Gasteiger charge is 2.33. The Bertz CT molecular complexity index is 1060. The number of hydrogen-bond donors (Lipinski definition) is 2. The van der Waals surface area contributed by atoms with Crippen molar-refractivity contribution in [1.29, 1.82) is 0 Å². The van der Waals surface area contributed by atoms with Crippen molar-refractivity contribution in [2.24, 2.45) is 0 Å². The van der Waals surface area contributed by atoms with E-state index >= 15 is 0 Å². The van der Waals surface area contributed by atoms with Crippen LogP contribution < -0.4 is 10.8 Å². The summed E-state index contributed by atoms with van der Waals surface area (Å²) < 4.78 is 5.33. The molecule has 0 amide bonds. The van der Waals surface area contributed by atoms with Gasteiger partial charge in [-0.15, -0.1) is 0 Å². The van der Waals surface area contributed by atoms with Crippen LogP contribution >= 0.6 is 11.6 Å². The molecule has 2 aliphatic rings. The Labute approximate surface area is 168 Å². The van der Waals surface area contributed by atoms with E-state index in [1.165, 1.54) is 0 Å².